The molecule has 0 aliphatic heterocycles. The summed E-state index contributed by atoms with van der Waals surface area (Å²) in [5.74, 6) is 0.0760. The number of benzene rings is 2. The summed E-state index contributed by atoms with van der Waals surface area (Å²) < 4.78 is 2.73. The molecule has 156 valence electrons. The Morgan fingerprint density at radius 3 is 2.55 bits per heavy atom. The fraction of sp³-hybridized carbons (Fsp3) is 0.0909. The number of aromatic nitrogens is 4. The van der Waals surface area contributed by atoms with Crippen LogP contribution in [-0.2, 0) is 17.9 Å². The molecular weight excluding hydrogens is 437 g/mol. The second-order valence-corrected chi connectivity index (χ2v) is 7.58. The zero-order chi connectivity index (χ0) is 21.8. The van der Waals surface area contributed by atoms with E-state index in [0.717, 1.165) is 15.8 Å². The number of hydrogen-bond donors (Lipinski definition) is 1. The van der Waals surface area contributed by atoms with Crippen molar-refractivity contribution in [3.8, 4) is 11.3 Å². The zero-order valence-corrected chi connectivity index (χ0v) is 17.7. The standard InChI is InChI=1S/C22H17Cl2N5O2/c23-17-7-6-16(18(24)12-17)13-28-20(10-11-25-28)26-21(30)14-29-22(31)9-8-19(27-29)15-4-2-1-3-5-15/h1-12H,13-14H2,(H,26,30). The molecule has 0 saturated heterocycles. The number of carbonyl (C=O) groups is 1. The number of halogens is 2. The SMILES string of the molecule is O=C(Cn1nc(-c2ccccc2)ccc1=O)Nc1ccnn1Cc1ccc(Cl)cc1Cl. The second kappa shape index (κ2) is 9.16. The van der Waals surface area contributed by atoms with Crippen molar-refractivity contribution in [1.82, 2.24) is 19.6 Å². The van der Waals surface area contributed by atoms with Crippen LogP contribution in [0.25, 0.3) is 11.3 Å². The molecule has 0 unspecified atom stereocenters. The van der Waals surface area contributed by atoms with Crippen LogP contribution in [-0.4, -0.2) is 25.5 Å². The van der Waals surface area contributed by atoms with E-state index in [4.69, 9.17) is 23.2 Å². The highest BCUT2D eigenvalue weighted by atomic mass is 35.5. The Hall–Kier alpha value is -3.42. The fourth-order valence-corrected chi connectivity index (χ4v) is 3.49. The summed E-state index contributed by atoms with van der Waals surface area (Å²) in [4.78, 5) is 24.8. The third-order valence-corrected chi connectivity index (χ3v) is 5.14. The van der Waals surface area contributed by atoms with Crippen LogP contribution < -0.4 is 10.9 Å². The molecule has 2 heterocycles. The molecule has 4 aromatic rings. The summed E-state index contributed by atoms with van der Waals surface area (Å²) in [5.41, 5.74) is 1.90. The first kappa shape index (κ1) is 20.8. The Morgan fingerprint density at radius 2 is 1.77 bits per heavy atom. The maximum Gasteiger partial charge on any atom is 0.267 e. The minimum atomic E-state index is -0.399. The molecule has 1 amide bonds. The third-order valence-electron chi connectivity index (χ3n) is 4.55. The van der Waals surface area contributed by atoms with Gasteiger partial charge in [0.2, 0.25) is 5.91 Å². The summed E-state index contributed by atoms with van der Waals surface area (Å²) >= 11 is 12.2. The van der Waals surface area contributed by atoms with Crippen LogP contribution in [0.15, 0.2) is 77.7 Å². The van der Waals surface area contributed by atoms with Crippen molar-refractivity contribution in [2.24, 2.45) is 0 Å². The van der Waals surface area contributed by atoms with Crippen LogP contribution in [0.3, 0.4) is 0 Å². The Kier molecular flexibility index (Phi) is 6.16. The molecule has 1 N–H and O–H groups in total. The number of nitrogens with one attached hydrogen (secondary N) is 1. The van der Waals surface area contributed by atoms with E-state index in [9.17, 15) is 9.59 Å². The van der Waals surface area contributed by atoms with Crippen molar-refractivity contribution >= 4 is 34.9 Å². The fourth-order valence-electron chi connectivity index (χ4n) is 3.02. The molecule has 9 heteroatoms. The first-order valence-corrected chi connectivity index (χ1v) is 10.1. The maximum atomic E-state index is 12.6. The van der Waals surface area contributed by atoms with E-state index in [1.165, 1.54) is 6.07 Å². The van der Waals surface area contributed by atoms with Crippen LogP contribution in [0.1, 0.15) is 5.56 Å². The molecule has 0 atom stereocenters. The van der Waals surface area contributed by atoms with Crippen molar-refractivity contribution < 1.29 is 4.79 Å². The number of carbonyl (C=O) groups excluding carboxylic acids is 1. The largest absolute Gasteiger partial charge is 0.309 e. The van der Waals surface area contributed by atoms with Gasteiger partial charge >= 0.3 is 0 Å². The molecule has 0 radical (unpaired) electrons. The van der Waals surface area contributed by atoms with Gasteiger partial charge in [0.25, 0.3) is 5.56 Å². The van der Waals surface area contributed by atoms with E-state index in [0.29, 0.717) is 28.1 Å². The average molecular weight is 454 g/mol. The van der Waals surface area contributed by atoms with Crippen LogP contribution in [0, 0.1) is 0 Å². The van der Waals surface area contributed by atoms with E-state index in [-0.39, 0.29) is 12.1 Å². The first-order valence-electron chi connectivity index (χ1n) is 9.39. The maximum absolute atomic E-state index is 12.6. The summed E-state index contributed by atoms with van der Waals surface area (Å²) in [6.45, 7) is 0.118. The Morgan fingerprint density at radius 1 is 0.968 bits per heavy atom. The zero-order valence-electron chi connectivity index (χ0n) is 16.2. The third kappa shape index (κ3) is 5.02. The van der Waals surface area contributed by atoms with E-state index in [2.05, 4.69) is 15.5 Å². The highest BCUT2D eigenvalue weighted by Crippen LogP contribution is 2.22. The van der Waals surface area contributed by atoms with Crippen LogP contribution in [0.5, 0.6) is 0 Å². The second-order valence-electron chi connectivity index (χ2n) is 6.74. The molecule has 2 aromatic heterocycles. The number of amides is 1. The molecule has 0 aliphatic carbocycles. The lowest BCUT2D eigenvalue weighted by Crippen LogP contribution is -2.30. The average Bonchev–Trinajstić information content (AvgIpc) is 3.18. The molecule has 0 aliphatic rings. The lowest BCUT2D eigenvalue weighted by atomic mass is 10.1. The molecule has 31 heavy (non-hydrogen) atoms. The van der Waals surface area contributed by atoms with Crippen molar-refractivity contribution in [2.45, 2.75) is 13.1 Å². The van der Waals surface area contributed by atoms with E-state index in [1.807, 2.05) is 30.3 Å². The van der Waals surface area contributed by atoms with Crippen LogP contribution in [0.2, 0.25) is 10.0 Å². The molecular formula is C22H17Cl2N5O2. The van der Waals surface area contributed by atoms with Gasteiger partial charge < -0.3 is 5.32 Å². The lowest BCUT2D eigenvalue weighted by molar-refractivity contribution is -0.117. The number of rotatable bonds is 6. The quantitative estimate of drug-likeness (QED) is 0.476. The Balaban J connectivity index is 1.49. The molecule has 7 nitrogen and oxygen atoms in total. The van der Waals surface area contributed by atoms with Crippen molar-refractivity contribution in [2.75, 3.05) is 5.32 Å². The highest BCUT2D eigenvalue weighted by Gasteiger charge is 2.12. The highest BCUT2D eigenvalue weighted by molar-refractivity contribution is 6.35. The van der Waals surface area contributed by atoms with Gasteiger partial charge in [0.05, 0.1) is 18.4 Å². The minimum absolute atomic E-state index is 0.230. The van der Waals surface area contributed by atoms with Gasteiger partial charge in [-0.25, -0.2) is 9.36 Å². The molecule has 0 fully saturated rings. The van der Waals surface area contributed by atoms with E-state index >= 15 is 0 Å². The normalized spacial score (nSPS) is 10.8. The Labute approximate surface area is 187 Å². The number of nitrogens with zero attached hydrogens (tertiary/aromatic N) is 4. The van der Waals surface area contributed by atoms with Gasteiger partial charge in [-0.1, -0.05) is 59.6 Å². The molecule has 2 aromatic carbocycles. The van der Waals surface area contributed by atoms with Gasteiger partial charge in [0.15, 0.2) is 0 Å². The predicted octanol–water partition coefficient (Wildman–Crippen LogP) is 4.10. The number of anilines is 1. The van der Waals surface area contributed by atoms with Gasteiger partial charge in [-0.2, -0.15) is 10.2 Å². The van der Waals surface area contributed by atoms with Gasteiger partial charge in [-0.3, -0.25) is 9.59 Å². The molecule has 0 bridgehead atoms. The summed E-state index contributed by atoms with van der Waals surface area (Å²) in [5, 5.41) is 12.4. The van der Waals surface area contributed by atoms with Crippen molar-refractivity contribution in [3.05, 3.63) is 98.9 Å². The van der Waals surface area contributed by atoms with Gasteiger partial charge in [-0.15, -0.1) is 0 Å². The molecule has 0 spiro atoms. The van der Waals surface area contributed by atoms with Crippen LogP contribution in [0.4, 0.5) is 5.82 Å². The topological polar surface area (TPSA) is 81.8 Å². The van der Waals surface area contributed by atoms with Crippen molar-refractivity contribution in [1.29, 1.82) is 0 Å². The summed E-state index contributed by atoms with van der Waals surface area (Å²) in [7, 11) is 0. The van der Waals surface area contributed by atoms with Gasteiger partial charge in [0, 0.05) is 27.7 Å². The van der Waals surface area contributed by atoms with Crippen LogP contribution >= 0.6 is 23.2 Å². The minimum Gasteiger partial charge on any atom is -0.309 e. The summed E-state index contributed by atoms with van der Waals surface area (Å²) in [6.07, 6.45) is 1.57. The van der Waals surface area contributed by atoms with E-state index < -0.39 is 5.91 Å². The predicted molar refractivity (Wildman–Crippen MR) is 120 cm³/mol. The monoisotopic (exact) mass is 453 g/mol. The van der Waals surface area contributed by atoms with E-state index in [1.54, 1.807) is 41.2 Å². The lowest BCUT2D eigenvalue weighted by Gasteiger charge is -2.11. The first-order chi connectivity index (χ1) is 15.0. The molecule has 0 saturated carbocycles. The van der Waals surface area contributed by atoms with Gasteiger partial charge in [-0.05, 0) is 23.8 Å². The number of hydrogen-bond acceptors (Lipinski definition) is 4. The molecule has 4 rings (SSSR count). The Bertz CT molecular complexity index is 1280. The smallest absolute Gasteiger partial charge is 0.267 e. The van der Waals surface area contributed by atoms with Gasteiger partial charge in [0.1, 0.15) is 12.4 Å². The summed E-state index contributed by atoms with van der Waals surface area (Å²) in [6, 6.07) is 19.3. The van der Waals surface area contributed by atoms with Crippen molar-refractivity contribution in [3.63, 3.8) is 0 Å².